The number of unbranched alkanes of at least 4 members (excludes halogenated alkanes) is 27. The van der Waals surface area contributed by atoms with Gasteiger partial charge in [-0.15, -0.1) is 0 Å². The normalized spacial score (nSPS) is 11.5. The van der Waals surface area contributed by atoms with Crippen LogP contribution in [0.3, 0.4) is 0 Å². The van der Waals surface area contributed by atoms with Crippen molar-refractivity contribution in [3.8, 4) is 0 Å². The van der Waals surface area contributed by atoms with E-state index in [1.807, 2.05) is 0 Å². The molecule has 2 N–H and O–H groups in total. The third kappa shape index (κ3) is 45.1. The van der Waals surface area contributed by atoms with Gasteiger partial charge in [-0.25, -0.2) is 0 Å². The third-order valence-corrected chi connectivity index (χ3v) is 10.5. The van der Waals surface area contributed by atoms with Crippen LogP contribution >= 0.6 is 0 Å². The molecule has 0 aliphatic heterocycles. The lowest BCUT2D eigenvalue weighted by molar-refractivity contribution is -0.117. The minimum absolute atomic E-state index is 0.192. The van der Waals surface area contributed by atoms with E-state index < -0.39 is 10.1 Å². The molecule has 50 heavy (non-hydrogen) atoms. The van der Waals surface area contributed by atoms with Crippen molar-refractivity contribution in [3.05, 3.63) is 12.2 Å². The molecule has 7 heteroatoms. The maximum absolute atomic E-state index is 10.8. The Morgan fingerprint density at radius 3 is 1.00 bits per heavy atom. The molecule has 0 atom stereocenters. The summed E-state index contributed by atoms with van der Waals surface area (Å²) in [6.07, 6.45) is 43.8. The van der Waals surface area contributed by atoms with Gasteiger partial charge in [-0.05, 0) is 52.2 Å². The predicted molar refractivity (Wildman–Crippen MR) is 221 cm³/mol. The fourth-order valence-corrected chi connectivity index (χ4v) is 6.92. The van der Waals surface area contributed by atoms with Crippen LogP contribution in [-0.2, 0) is 14.9 Å². The van der Waals surface area contributed by atoms with Gasteiger partial charge in [0.15, 0.2) is 0 Å². The van der Waals surface area contributed by atoms with E-state index in [1.165, 1.54) is 212 Å². The molecule has 0 heterocycles. The van der Waals surface area contributed by atoms with E-state index in [9.17, 15) is 13.2 Å². The number of nitrogens with zero attached hydrogens (tertiary/aromatic N) is 1. The minimum Gasteiger partial charge on any atom is -0.352 e. The lowest BCUT2D eigenvalue weighted by atomic mass is 10.1. The molecular formula is C43H88N2O4S. The van der Waals surface area contributed by atoms with Crippen molar-refractivity contribution in [2.45, 2.75) is 227 Å². The highest BCUT2D eigenvalue weighted by molar-refractivity contribution is 7.85. The van der Waals surface area contributed by atoms with Gasteiger partial charge in [0.25, 0.3) is 10.1 Å². The first kappa shape index (κ1) is 51.2. The molecule has 0 saturated carbocycles. The Hall–Kier alpha value is -0.920. The summed E-state index contributed by atoms with van der Waals surface area (Å²) in [7, 11) is -3.92. The Balaban J connectivity index is 0. The van der Waals surface area contributed by atoms with Crippen LogP contribution in [0.25, 0.3) is 0 Å². The van der Waals surface area contributed by atoms with Crippen molar-refractivity contribution in [1.82, 2.24) is 10.2 Å². The fraction of sp³-hybridized carbons (Fsp3) is 0.930. The molecule has 6 nitrogen and oxygen atoms in total. The highest BCUT2D eigenvalue weighted by Crippen LogP contribution is 2.15. The number of amides is 1. The van der Waals surface area contributed by atoms with E-state index in [0.29, 0.717) is 5.57 Å². The highest BCUT2D eigenvalue weighted by Gasteiger charge is 2.06. The summed E-state index contributed by atoms with van der Waals surface area (Å²) in [5.41, 5.74) is 0.367. The van der Waals surface area contributed by atoms with Crippen LogP contribution in [0.15, 0.2) is 12.2 Å². The van der Waals surface area contributed by atoms with Gasteiger partial charge in [-0.3, -0.25) is 9.35 Å². The van der Waals surface area contributed by atoms with Gasteiger partial charge in [0.05, 0.1) is 5.75 Å². The van der Waals surface area contributed by atoms with Gasteiger partial charge in [-0.2, -0.15) is 8.42 Å². The van der Waals surface area contributed by atoms with Crippen molar-refractivity contribution in [2.24, 2.45) is 0 Å². The number of hydrogen-bond donors (Lipinski definition) is 2. The molecule has 0 aromatic heterocycles. The molecule has 0 saturated heterocycles. The van der Waals surface area contributed by atoms with Crippen molar-refractivity contribution >= 4 is 16.0 Å². The van der Waals surface area contributed by atoms with Crippen LogP contribution in [0, 0.1) is 0 Å². The third-order valence-electron chi connectivity index (χ3n) is 9.74. The van der Waals surface area contributed by atoms with Gasteiger partial charge in [0.2, 0.25) is 5.91 Å². The van der Waals surface area contributed by atoms with E-state index in [0.717, 1.165) is 0 Å². The second kappa shape index (κ2) is 40.8. The molecule has 0 fully saturated rings. The summed E-state index contributed by atoms with van der Waals surface area (Å²) in [5, 5.41) is 2.44. The lowest BCUT2D eigenvalue weighted by Gasteiger charge is -2.22. The van der Waals surface area contributed by atoms with Crippen molar-refractivity contribution in [2.75, 3.05) is 31.9 Å². The van der Waals surface area contributed by atoms with Crippen molar-refractivity contribution in [3.63, 3.8) is 0 Å². The average Bonchev–Trinajstić information content (AvgIpc) is 3.08. The first-order valence-corrected chi connectivity index (χ1v) is 23.4. The van der Waals surface area contributed by atoms with Gasteiger partial charge in [0.1, 0.15) is 0 Å². The largest absolute Gasteiger partial charge is 0.352 e. The minimum atomic E-state index is -3.92. The van der Waals surface area contributed by atoms with Gasteiger partial charge in [-0.1, -0.05) is 201 Å². The topological polar surface area (TPSA) is 86.7 Å². The highest BCUT2D eigenvalue weighted by atomic mass is 32.2. The summed E-state index contributed by atoms with van der Waals surface area (Å²) in [6, 6.07) is 0. The van der Waals surface area contributed by atoms with E-state index in [1.54, 1.807) is 6.92 Å². The molecule has 300 valence electrons. The van der Waals surface area contributed by atoms with Crippen LogP contribution < -0.4 is 5.32 Å². The van der Waals surface area contributed by atoms with Crippen LogP contribution in [0.5, 0.6) is 0 Å². The van der Waals surface area contributed by atoms with Crippen LogP contribution in [0.2, 0.25) is 0 Å². The van der Waals surface area contributed by atoms with Gasteiger partial charge in [0, 0.05) is 12.1 Å². The summed E-state index contributed by atoms with van der Waals surface area (Å²) in [4.78, 5) is 13.7. The number of carbonyl (C=O) groups excluding carboxylic acids is 1. The second-order valence-corrected chi connectivity index (χ2v) is 16.6. The SMILES string of the molecule is C=C(C)C(=O)NCCCS(=O)(=O)O.CCCCCCCCCCCCN(CCCCCCCCCCCC)CCCCCCCCCCCC. The molecule has 0 aliphatic rings. The summed E-state index contributed by atoms with van der Waals surface area (Å²) in [5.74, 6) is -0.654. The quantitative estimate of drug-likeness (QED) is 0.0375. The standard InChI is InChI=1S/C36H75N.C7H13NO4S/c1-4-7-10-13-16-19-22-25-28-31-34-37(35-32-29-26-23-20-17-14-11-8-5-2)36-33-30-27-24-21-18-15-12-9-6-3;1-6(2)7(9)8-4-3-5-13(10,11)12/h4-36H2,1-3H3;1,3-5H2,2H3,(H,8,9)(H,10,11,12). The molecule has 0 bridgehead atoms. The number of carbonyl (C=O) groups is 1. The summed E-state index contributed by atoms with van der Waals surface area (Å²) in [6.45, 7) is 16.2. The number of rotatable bonds is 38. The number of nitrogens with one attached hydrogen (secondary N) is 1. The Kier molecular flexibility index (Phi) is 41.8. The molecule has 0 rings (SSSR count). The molecule has 1 amide bonds. The first-order valence-electron chi connectivity index (χ1n) is 21.8. The molecule has 0 aromatic rings. The van der Waals surface area contributed by atoms with Crippen LogP contribution in [-0.4, -0.2) is 55.7 Å². The second-order valence-electron chi connectivity index (χ2n) is 15.1. The zero-order valence-electron chi connectivity index (χ0n) is 34.2. The molecule has 0 unspecified atom stereocenters. The zero-order valence-corrected chi connectivity index (χ0v) is 35.0. The van der Waals surface area contributed by atoms with E-state index in [-0.39, 0.29) is 24.6 Å². The Morgan fingerprint density at radius 1 is 0.500 bits per heavy atom. The van der Waals surface area contributed by atoms with Crippen molar-refractivity contribution < 1.29 is 17.8 Å². The molecular weight excluding hydrogens is 641 g/mol. The van der Waals surface area contributed by atoms with Gasteiger partial charge >= 0.3 is 0 Å². The molecule has 0 aromatic carbocycles. The van der Waals surface area contributed by atoms with Crippen LogP contribution in [0.1, 0.15) is 227 Å². The predicted octanol–water partition coefficient (Wildman–Crippen LogP) is 13.0. The molecule has 0 aliphatic carbocycles. The van der Waals surface area contributed by atoms with Gasteiger partial charge < -0.3 is 10.2 Å². The van der Waals surface area contributed by atoms with E-state index in [4.69, 9.17) is 4.55 Å². The monoisotopic (exact) mass is 729 g/mol. The average molecular weight is 729 g/mol. The molecule has 0 radical (unpaired) electrons. The Bertz CT molecular complexity index is 761. The molecule has 0 spiro atoms. The number of hydrogen-bond acceptors (Lipinski definition) is 4. The fourth-order valence-electron chi connectivity index (χ4n) is 6.41. The Labute approximate surface area is 313 Å². The van der Waals surface area contributed by atoms with E-state index in [2.05, 4.69) is 37.6 Å². The smallest absolute Gasteiger partial charge is 0.264 e. The maximum Gasteiger partial charge on any atom is 0.264 e. The van der Waals surface area contributed by atoms with Crippen LogP contribution in [0.4, 0.5) is 0 Å². The zero-order chi connectivity index (χ0) is 37.4. The summed E-state index contributed by atoms with van der Waals surface area (Å²) < 4.78 is 28.8. The van der Waals surface area contributed by atoms with Crippen molar-refractivity contribution in [1.29, 1.82) is 0 Å². The lowest BCUT2D eigenvalue weighted by Crippen LogP contribution is -2.27. The van der Waals surface area contributed by atoms with E-state index >= 15 is 0 Å². The summed E-state index contributed by atoms with van der Waals surface area (Å²) >= 11 is 0. The Morgan fingerprint density at radius 2 is 0.760 bits per heavy atom. The first-order chi connectivity index (χ1) is 24.2. The maximum atomic E-state index is 10.8.